The number of hydrogen-bond donors (Lipinski definition) is 2. The summed E-state index contributed by atoms with van der Waals surface area (Å²) in [5.74, 6) is -1.93. The fraction of sp³-hybridized carbons (Fsp3) is 0.500. The van der Waals surface area contributed by atoms with Crippen LogP contribution in [0.3, 0.4) is 0 Å². The number of halogens is 4. The molecule has 0 bridgehead atoms. The Morgan fingerprint density at radius 3 is 2.38 bits per heavy atom. The summed E-state index contributed by atoms with van der Waals surface area (Å²) < 4.78 is 49.0. The van der Waals surface area contributed by atoms with Gasteiger partial charge in [0.2, 0.25) is 11.8 Å². The number of rotatable bonds is 5. The van der Waals surface area contributed by atoms with Gasteiger partial charge in [-0.25, -0.2) is 4.39 Å². The van der Waals surface area contributed by atoms with Gasteiger partial charge in [-0.2, -0.15) is 13.2 Å². The second-order valence-corrected chi connectivity index (χ2v) is 5.83. The van der Waals surface area contributed by atoms with Gasteiger partial charge in [0.15, 0.2) is 0 Å². The number of benzene rings is 1. The molecule has 4 nitrogen and oxygen atoms in total. The van der Waals surface area contributed by atoms with E-state index in [0.29, 0.717) is 6.42 Å². The Morgan fingerprint density at radius 1 is 1.08 bits per heavy atom. The zero-order chi connectivity index (χ0) is 17.7. The maximum atomic E-state index is 13.0. The van der Waals surface area contributed by atoms with Crippen LogP contribution < -0.4 is 10.6 Å². The van der Waals surface area contributed by atoms with Crippen LogP contribution in [0.25, 0.3) is 0 Å². The van der Waals surface area contributed by atoms with Crippen molar-refractivity contribution < 1.29 is 27.2 Å². The van der Waals surface area contributed by atoms with Crippen molar-refractivity contribution in [1.82, 2.24) is 10.6 Å². The quantitative estimate of drug-likeness (QED) is 0.636. The smallest absolute Gasteiger partial charge is 0.352 e. The molecule has 0 spiro atoms. The summed E-state index contributed by atoms with van der Waals surface area (Å²) in [5.41, 5.74) is 0.890. The van der Waals surface area contributed by atoms with Gasteiger partial charge in [-0.1, -0.05) is 18.6 Å². The topological polar surface area (TPSA) is 58.2 Å². The monoisotopic (exact) mass is 346 g/mol. The second kappa shape index (κ2) is 7.63. The highest BCUT2D eigenvalue weighted by molar-refractivity contribution is 5.97. The van der Waals surface area contributed by atoms with Crippen molar-refractivity contribution >= 4 is 11.8 Å². The minimum absolute atomic E-state index is 0.00721. The van der Waals surface area contributed by atoms with Crippen molar-refractivity contribution in [3.63, 3.8) is 0 Å². The molecule has 0 unspecified atom stereocenters. The highest BCUT2D eigenvalue weighted by Gasteiger charge is 2.31. The van der Waals surface area contributed by atoms with Crippen LogP contribution in [0.15, 0.2) is 24.3 Å². The molecule has 1 saturated carbocycles. The lowest BCUT2D eigenvalue weighted by Crippen LogP contribution is -2.41. The normalized spacial score (nSPS) is 20.7. The minimum Gasteiger partial charge on any atom is -0.352 e. The molecule has 1 fully saturated rings. The molecule has 0 heterocycles. The molecular formula is C16H18F4N2O2. The molecule has 2 rings (SSSR count). The fourth-order valence-corrected chi connectivity index (χ4v) is 2.91. The van der Waals surface area contributed by atoms with Gasteiger partial charge < -0.3 is 10.6 Å². The Hall–Kier alpha value is -2.12. The lowest BCUT2D eigenvalue weighted by Gasteiger charge is -2.21. The van der Waals surface area contributed by atoms with E-state index in [2.05, 4.69) is 5.32 Å². The first-order valence-corrected chi connectivity index (χ1v) is 7.63. The Bertz CT molecular complexity index is 587. The van der Waals surface area contributed by atoms with Gasteiger partial charge in [-0.15, -0.1) is 0 Å². The molecule has 132 valence electrons. The molecule has 1 aromatic carbocycles. The molecule has 2 N–H and O–H groups in total. The largest absolute Gasteiger partial charge is 0.405 e. The van der Waals surface area contributed by atoms with Crippen LogP contribution in [0, 0.1) is 5.82 Å². The first kappa shape index (κ1) is 18.2. The lowest BCUT2D eigenvalue weighted by molar-refractivity contribution is -0.140. The number of hydrogen-bond acceptors (Lipinski definition) is 2. The molecule has 1 aromatic rings. The van der Waals surface area contributed by atoms with E-state index >= 15 is 0 Å². The fourth-order valence-electron chi connectivity index (χ4n) is 2.91. The summed E-state index contributed by atoms with van der Waals surface area (Å²) in [6, 6.07) is 5.79. The third-order valence-corrected chi connectivity index (χ3v) is 3.97. The molecule has 0 saturated heterocycles. The highest BCUT2D eigenvalue weighted by Crippen LogP contribution is 2.34. The third-order valence-electron chi connectivity index (χ3n) is 3.97. The maximum absolute atomic E-state index is 13.0. The first-order valence-electron chi connectivity index (χ1n) is 7.63. The number of carbonyl (C=O) groups excluding carboxylic acids is 2. The maximum Gasteiger partial charge on any atom is 0.405 e. The zero-order valence-electron chi connectivity index (χ0n) is 12.8. The number of nitrogens with one attached hydrogen (secondary N) is 2. The van der Waals surface area contributed by atoms with Crippen molar-refractivity contribution in [3.05, 3.63) is 35.6 Å². The van der Waals surface area contributed by atoms with Crippen molar-refractivity contribution in [2.75, 3.05) is 6.54 Å². The van der Waals surface area contributed by atoms with Crippen molar-refractivity contribution in [3.8, 4) is 0 Å². The molecule has 8 heteroatoms. The average Bonchev–Trinajstić information content (AvgIpc) is 2.93. The van der Waals surface area contributed by atoms with Crippen molar-refractivity contribution in [2.45, 2.75) is 43.8 Å². The molecule has 1 aliphatic carbocycles. The molecule has 2 atom stereocenters. The Kier molecular flexibility index (Phi) is 5.80. The SMILES string of the molecule is O=C(CC(=O)N[C@H]1CCC[C@@H]1c1ccc(F)cc1)NCC(F)(F)F. The number of carbonyl (C=O) groups is 2. The highest BCUT2D eigenvalue weighted by atomic mass is 19.4. The summed E-state index contributed by atoms with van der Waals surface area (Å²) in [5, 5.41) is 4.36. The Morgan fingerprint density at radius 2 is 1.75 bits per heavy atom. The summed E-state index contributed by atoms with van der Waals surface area (Å²) in [6.45, 7) is -1.46. The van der Waals surface area contributed by atoms with Crippen LogP contribution in [-0.2, 0) is 9.59 Å². The van der Waals surface area contributed by atoms with Gasteiger partial charge >= 0.3 is 6.18 Å². The van der Waals surface area contributed by atoms with Crippen molar-refractivity contribution in [1.29, 1.82) is 0 Å². The number of amides is 2. The second-order valence-electron chi connectivity index (χ2n) is 5.83. The van der Waals surface area contributed by atoms with Crippen molar-refractivity contribution in [2.24, 2.45) is 0 Å². The zero-order valence-corrected chi connectivity index (χ0v) is 12.8. The number of alkyl halides is 3. The molecule has 0 aliphatic heterocycles. The van der Waals surface area contributed by atoms with E-state index < -0.39 is 31.0 Å². The van der Waals surface area contributed by atoms with Crippen LogP contribution in [-0.4, -0.2) is 30.6 Å². The summed E-state index contributed by atoms with van der Waals surface area (Å²) in [7, 11) is 0. The van der Waals surface area contributed by atoms with E-state index in [-0.39, 0.29) is 17.8 Å². The van der Waals surface area contributed by atoms with Crippen LogP contribution in [0.2, 0.25) is 0 Å². The van der Waals surface area contributed by atoms with Crippen LogP contribution in [0.1, 0.15) is 37.2 Å². The molecule has 24 heavy (non-hydrogen) atoms. The van der Waals surface area contributed by atoms with Gasteiger partial charge in [0.1, 0.15) is 18.8 Å². The standard InChI is InChI=1S/C16H18F4N2O2/c17-11-6-4-10(5-7-11)12-2-1-3-13(12)22-15(24)8-14(23)21-9-16(18,19)20/h4-7,12-13H,1-3,8-9H2,(H,21,23)(H,22,24)/t12-,13+/m1/s1. The van der Waals surface area contributed by atoms with Gasteiger partial charge in [-0.3, -0.25) is 9.59 Å². The molecule has 2 amide bonds. The molecule has 0 radical (unpaired) electrons. The van der Waals surface area contributed by atoms with E-state index in [1.54, 1.807) is 17.4 Å². The first-order chi connectivity index (χ1) is 11.2. The van der Waals surface area contributed by atoms with E-state index in [1.807, 2.05) is 0 Å². The summed E-state index contributed by atoms with van der Waals surface area (Å²) in [4.78, 5) is 23.2. The van der Waals surface area contributed by atoms with E-state index in [4.69, 9.17) is 0 Å². The van der Waals surface area contributed by atoms with Crippen LogP contribution in [0.4, 0.5) is 17.6 Å². The predicted molar refractivity (Wildman–Crippen MR) is 78.6 cm³/mol. The Labute approximate surface area is 136 Å². The van der Waals surface area contributed by atoms with E-state index in [0.717, 1.165) is 18.4 Å². The van der Waals surface area contributed by atoms with E-state index in [9.17, 15) is 27.2 Å². The lowest BCUT2D eigenvalue weighted by atomic mass is 9.94. The van der Waals surface area contributed by atoms with Gasteiger partial charge in [0.25, 0.3) is 0 Å². The van der Waals surface area contributed by atoms with E-state index in [1.165, 1.54) is 12.1 Å². The molecule has 1 aliphatic rings. The van der Waals surface area contributed by atoms with Gasteiger partial charge in [0.05, 0.1) is 0 Å². The Balaban J connectivity index is 1.86. The molecular weight excluding hydrogens is 328 g/mol. The van der Waals surface area contributed by atoms with Gasteiger partial charge in [0, 0.05) is 12.0 Å². The average molecular weight is 346 g/mol. The predicted octanol–water partition coefficient (Wildman–Crippen LogP) is 2.65. The third kappa shape index (κ3) is 5.50. The minimum atomic E-state index is -4.51. The van der Waals surface area contributed by atoms with Crippen LogP contribution in [0.5, 0.6) is 0 Å². The van der Waals surface area contributed by atoms with Gasteiger partial charge in [-0.05, 0) is 30.5 Å². The molecule has 0 aromatic heterocycles. The summed E-state index contributed by atoms with van der Waals surface area (Å²) >= 11 is 0. The van der Waals surface area contributed by atoms with Crippen LogP contribution >= 0.6 is 0 Å². The summed E-state index contributed by atoms with van der Waals surface area (Å²) in [6.07, 6.45) is -2.77.